The summed E-state index contributed by atoms with van der Waals surface area (Å²) in [7, 11) is 0. The quantitative estimate of drug-likeness (QED) is 0.420. The lowest BCUT2D eigenvalue weighted by molar-refractivity contribution is 0.306. The van der Waals surface area contributed by atoms with Crippen LogP contribution in [0.25, 0.3) is 0 Å². The van der Waals surface area contributed by atoms with Gasteiger partial charge in [0.2, 0.25) is 5.95 Å². The Morgan fingerprint density at radius 1 is 0.724 bits per heavy atom. The van der Waals surface area contributed by atoms with E-state index in [9.17, 15) is 0 Å². The van der Waals surface area contributed by atoms with Crippen LogP contribution in [0.15, 0.2) is 91.0 Å². The zero-order valence-corrected chi connectivity index (χ0v) is 16.2. The number of hydrogen-bond acceptors (Lipinski definition) is 5. The van der Waals surface area contributed by atoms with E-state index in [1.165, 1.54) is 0 Å². The third-order valence-corrected chi connectivity index (χ3v) is 4.26. The van der Waals surface area contributed by atoms with E-state index in [-0.39, 0.29) is 0 Å². The van der Waals surface area contributed by atoms with Gasteiger partial charge in [0.05, 0.1) is 0 Å². The van der Waals surface area contributed by atoms with Gasteiger partial charge in [-0.1, -0.05) is 48.5 Å². The predicted octanol–water partition coefficient (Wildman–Crippen LogP) is 5.85. The number of nitrogens with zero attached hydrogens (tertiary/aromatic N) is 2. The molecule has 29 heavy (non-hydrogen) atoms. The van der Waals surface area contributed by atoms with Crippen LogP contribution >= 0.6 is 0 Å². The highest BCUT2D eigenvalue weighted by Crippen LogP contribution is 2.21. The van der Waals surface area contributed by atoms with Crippen LogP contribution in [0.1, 0.15) is 11.3 Å². The van der Waals surface area contributed by atoms with Gasteiger partial charge in [0.1, 0.15) is 18.2 Å². The van der Waals surface area contributed by atoms with Crippen molar-refractivity contribution in [2.24, 2.45) is 0 Å². The zero-order chi connectivity index (χ0) is 19.9. The molecule has 0 unspecified atom stereocenters. The van der Waals surface area contributed by atoms with Gasteiger partial charge in [0.25, 0.3) is 0 Å². The Morgan fingerprint density at radius 3 is 2.10 bits per heavy atom. The van der Waals surface area contributed by atoms with Gasteiger partial charge >= 0.3 is 0 Å². The molecule has 3 aromatic carbocycles. The summed E-state index contributed by atoms with van der Waals surface area (Å²) in [4.78, 5) is 9.03. The maximum atomic E-state index is 5.83. The number of hydrogen-bond donors (Lipinski definition) is 2. The molecule has 4 aromatic rings. The summed E-state index contributed by atoms with van der Waals surface area (Å²) in [6.45, 7) is 2.49. The molecular weight excluding hydrogens is 360 g/mol. The number of benzene rings is 3. The van der Waals surface area contributed by atoms with E-state index in [1.807, 2.05) is 97.9 Å². The Hall–Kier alpha value is -3.86. The van der Waals surface area contributed by atoms with Crippen molar-refractivity contribution in [3.63, 3.8) is 0 Å². The molecule has 0 amide bonds. The maximum absolute atomic E-state index is 5.83. The van der Waals surface area contributed by atoms with E-state index in [0.717, 1.165) is 34.2 Å². The van der Waals surface area contributed by atoms with Crippen molar-refractivity contribution >= 4 is 23.1 Å². The Kier molecular flexibility index (Phi) is 5.67. The van der Waals surface area contributed by atoms with E-state index in [4.69, 9.17) is 4.74 Å². The monoisotopic (exact) mass is 382 g/mol. The molecule has 0 saturated carbocycles. The van der Waals surface area contributed by atoms with Crippen LogP contribution < -0.4 is 15.4 Å². The summed E-state index contributed by atoms with van der Waals surface area (Å²) < 4.78 is 5.83. The lowest BCUT2D eigenvalue weighted by Crippen LogP contribution is -2.02. The first-order valence-electron chi connectivity index (χ1n) is 9.46. The second-order valence-electron chi connectivity index (χ2n) is 6.63. The molecule has 2 N–H and O–H groups in total. The third-order valence-electron chi connectivity index (χ3n) is 4.26. The second kappa shape index (κ2) is 8.89. The van der Waals surface area contributed by atoms with Crippen LogP contribution in [0.4, 0.5) is 23.1 Å². The summed E-state index contributed by atoms with van der Waals surface area (Å²) in [5.74, 6) is 2.10. The van der Waals surface area contributed by atoms with Crippen molar-refractivity contribution in [1.82, 2.24) is 9.97 Å². The molecule has 4 rings (SSSR count). The lowest BCUT2D eigenvalue weighted by Gasteiger charge is -2.11. The number of nitrogens with one attached hydrogen (secondary N) is 2. The van der Waals surface area contributed by atoms with Crippen molar-refractivity contribution in [3.05, 3.63) is 102 Å². The molecule has 0 saturated heterocycles. The number of aromatic nitrogens is 2. The fourth-order valence-corrected chi connectivity index (χ4v) is 2.86. The largest absolute Gasteiger partial charge is 0.489 e. The van der Waals surface area contributed by atoms with Crippen molar-refractivity contribution in [2.45, 2.75) is 13.5 Å². The van der Waals surface area contributed by atoms with E-state index in [1.54, 1.807) is 0 Å². The van der Waals surface area contributed by atoms with Gasteiger partial charge in [-0.3, -0.25) is 0 Å². The predicted molar refractivity (Wildman–Crippen MR) is 117 cm³/mol. The third kappa shape index (κ3) is 5.32. The topological polar surface area (TPSA) is 59.1 Å². The molecule has 0 atom stereocenters. The Labute approximate surface area is 170 Å². The van der Waals surface area contributed by atoms with Crippen LogP contribution in [-0.2, 0) is 6.61 Å². The minimum atomic E-state index is 0.543. The van der Waals surface area contributed by atoms with Gasteiger partial charge < -0.3 is 15.4 Å². The SMILES string of the molecule is Cc1cc(Nc2ccccc2)nc(Nc2ccc(OCc3ccccc3)cc2)n1. The maximum Gasteiger partial charge on any atom is 0.229 e. The Morgan fingerprint density at radius 2 is 1.38 bits per heavy atom. The highest BCUT2D eigenvalue weighted by molar-refractivity contribution is 5.60. The van der Waals surface area contributed by atoms with E-state index in [2.05, 4.69) is 20.6 Å². The van der Waals surface area contributed by atoms with Crippen molar-refractivity contribution in [2.75, 3.05) is 10.6 Å². The summed E-state index contributed by atoms with van der Waals surface area (Å²) >= 11 is 0. The summed E-state index contributed by atoms with van der Waals surface area (Å²) in [5.41, 5.74) is 3.90. The Balaban J connectivity index is 1.41. The number of anilines is 4. The molecular formula is C24H22N4O. The normalized spacial score (nSPS) is 10.4. The van der Waals surface area contributed by atoms with Crippen molar-refractivity contribution < 1.29 is 4.74 Å². The smallest absolute Gasteiger partial charge is 0.229 e. The van der Waals surface area contributed by atoms with Crippen LogP contribution in [0.5, 0.6) is 5.75 Å². The van der Waals surface area contributed by atoms with E-state index >= 15 is 0 Å². The lowest BCUT2D eigenvalue weighted by atomic mass is 10.2. The molecule has 0 spiro atoms. The van der Waals surface area contributed by atoms with Crippen LogP contribution in [0, 0.1) is 6.92 Å². The molecule has 0 radical (unpaired) electrons. The highest BCUT2D eigenvalue weighted by Gasteiger charge is 2.04. The molecule has 0 aliphatic heterocycles. The molecule has 1 heterocycles. The van der Waals surface area contributed by atoms with E-state index < -0.39 is 0 Å². The first-order chi connectivity index (χ1) is 14.2. The van der Waals surface area contributed by atoms with Crippen LogP contribution in [0.2, 0.25) is 0 Å². The zero-order valence-electron chi connectivity index (χ0n) is 16.2. The van der Waals surface area contributed by atoms with Gasteiger partial charge in [-0.25, -0.2) is 4.98 Å². The molecule has 0 aliphatic rings. The number of ether oxygens (including phenoxy) is 1. The molecule has 0 bridgehead atoms. The molecule has 144 valence electrons. The Bertz CT molecular complexity index is 1050. The summed E-state index contributed by atoms with van der Waals surface area (Å²) in [5, 5.41) is 6.56. The summed E-state index contributed by atoms with van der Waals surface area (Å²) in [6.07, 6.45) is 0. The average molecular weight is 382 g/mol. The first kappa shape index (κ1) is 18.5. The molecule has 5 heteroatoms. The average Bonchev–Trinajstić information content (AvgIpc) is 2.74. The highest BCUT2D eigenvalue weighted by atomic mass is 16.5. The minimum absolute atomic E-state index is 0.543. The minimum Gasteiger partial charge on any atom is -0.489 e. The molecule has 0 aliphatic carbocycles. The van der Waals surface area contributed by atoms with Gasteiger partial charge in [-0.15, -0.1) is 0 Å². The first-order valence-corrected chi connectivity index (χ1v) is 9.46. The van der Waals surface area contributed by atoms with Gasteiger partial charge in [-0.05, 0) is 48.9 Å². The fourth-order valence-electron chi connectivity index (χ4n) is 2.86. The number of rotatable bonds is 7. The second-order valence-corrected chi connectivity index (χ2v) is 6.63. The van der Waals surface area contributed by atoms with Crippen LogP contribution in [-0.4, -0.2) is 9.97 Å². The fraction of sp³-hybridized carbons (Fsp3) is 0.0833. The molecule has 1 aromatic heterocycles. The van der Waals surface area contributed by atoms with Gasteiger partial charge in [-0.2, -0.15) is 4.98 Å². The van der Waals surface area contributed by atoms with Crippen molar-refractivity contribution in [1.29, 1.82) is 0 Å². The van der Waals surface area contributed by atoms with Crippen LogP contribution in [0.3, 0.4) is 0 Å². The number of para-hydroxylation sites is 1. The number of aryl methyl sites for hydroxylation is 1. The molecule has 0 fully saturated rings. The van der Waals surface area contributed by atoms with Crippen molar-refractivity contribution in [3.8, 4) is 5.75 Å². The van der Waals surface area contributed by atoms with E-state index in [0.29, 0.717) is 12.6 Å². The standard InChI is InChI=1S/C24H22N4O/c1-18-16-23(26-20-10-6-3-7-11-20)28-24(25-18)27-21-12-14-22(15-13-21)29-17-19-8-4-2-5-9-19/h2-16H,17H2,1H3,(H2,25,26,27,28). The van der Waals surface area contributed by atoms with Gasteiger partial charge in [0.15, 0.2) is 0 Å². The molecule has 5 nitrogen and oxygen atoms in total. The summed E-state index contributed by atoms with van der Waals surface area (Å²) in [6, 6.07) is 29.8. The van der Waals surface area contributed by atoms with Gasteiger partial charge in [0, 0.05) is 23.1 Å².